The molecule has 0 heterocycles. The molecule has 0 fully saturated rings. The monoisotopic (exact) mass is 191 g/mol. The van der Waals surface area contributed by atoms with Crippen molar-refractivity contribution in [3.8, 4) is 5.75 Å². The largest absolute Gasteiger partial charge is 0.507 e. The number of phenolic OH excluding ortho intramolecular Hbond substituents is 1. The van der Waals surface area contributed by atoms with E-state index >= 15 is 0 Å². The maximum absolute atomic E-state index is 12.9. The van der Waals surface area contributed by atoms with E-state index in [9.17, 15) is 13.2 Å². The van der Waals surface area contributed by atoms with E-state index in [1.807, 2.05) is 0 Å². The van der Waals surface area contributed by atoms with E-state index in [0.29, 0.717) is 6.07 Å². The summed E-state index contributed by atoms with van der Waals surface area (Å²) >= 11 is 0. The number of phenols is 1. The average molecular weight is 191 g/mol. The van der Waals surface area contributed by atoms with Crippen LogP contribution < -0.4 is 5.73 Å². The summed E-state index contributed by atoms with van der Waals surface area (Å²) in [5.74, 6) is -4.88. The molecule has 2 nitrogen and oxygen atoms in total. The highest BCUT2D eigenvalue weighted by molar-refractivity contribution is 5.36. The lowest BCUT2D eigenvalue weighted by molar-refractivity contribution is 0.00345. The SMILES string of the molecule is NCC(F)(F)c1cc(F)ccc1O. The van der Waals surface area contributed by atoms with Crippen LogP contribution in [0, 0.1) is 5.82 Å². The number of rotatable bonds is 2. The Kier molecular flexibility index (Phi) is 2.47. The molecule has 3 N–H and O–H groups in total. The summed E-state index contributed by atoms with van der Waals surface area (Å²) in [7, 11) is 0. The molecule has 5 heteroatoms. The number of halogens is 3. The third-order valence-corrected chi connectivity index (χ3v) is 1.61. The van der Waals surface area contributed by atoms with E-state index < -0.39 is 29.6 Å². The Morgan fingerprint density at radius 3 is 2.54 bits per heavy atom. The molecule has 0 atom stereocenters. The van der Waals surface area contributed by atoms with Gasteiger partial charge < -0.3 is 10.8 Å². The second kappa shape index (κ2) is 3.26. The zero-order chi connectivity index (χ0) is 10.1. The van der Waals surface area contributed by atoms with Crippen molar-refractivity contribution in [2.24, 2.45) is 5.73 Å². The maximum atomic E-state index is 12.9. The third kappa shape index (κ3) is 1.92. The predicted molar refractivity (Wildman–Crippen MR) is 41.0 cm³/mol. The maximum Gasteiger partial charge on any atom is 0.288 e. The summed E-state index contributed by atoms with van der Waals surface area (Å²) in [6.07, 6.45) is 0. The lowest BCUT2D eigenvalue weighted by atomic mass is 10.1. The van der Waals surface area contributed by atoms with Crippen molar-refractivity contribution >= 4 is 0 Å². The van der Waals surface area contributed by atoms with Gasteiger partial charge in [0.25, 0.3) is 5.92 Å². The van der Waals surface area contributed by atoms with Gasteiger partial charge in [0, 0.05) is 0 Å². The molecule has 0 aliphatic rings. The molecule has 0 aliphatic carbocycles. The van der Waals surface area contributed by atoms with Gasteiger partial charge in [0.1, 0.15) is 11.6 Å². The molecule has 0 amide bonds. The second-order valence-corrected chi connectivity index (χ2v) is 2.57. The van der Waals surface area contributed by atoms with Gasteiger partial charge in [0.05, 0.1) is 12.1 Å². The van der Waals surface area contributed by atoms with E-state index in [2.05, 4.69) is 0 Å². The Balaban J connectivity index is 3.20. The van der Waals surface area contributed by atoms with Crippen molar-refractivity contribution in [2.45, 2.75) is 5.92 Å². The van der Waals surface area contributed by atoms with Crippen LogP contribution in [0.5, 0.6) is 5.75 Å². The van der Waals surface area contributed by atoms with Gasteiger partial charge in [0.15, 0.2) is 0 Å². The highest BCUT2D eigenvalue weighted by atomic mass is 19.3. The zero-order valence-electron chi connectivity index (χ0n) is 6.60. The molecule has 0 aromatic heterocycles. The number of benzene rings is 1. The minimum atomic E-state index is -3.40. The second-order valence-electron chi connectivity index (χ2n) is 2.57. The molecule has 0 aliphatic heterocycles. The summed E-state index contributed by atoms with van der Waals surface area (Å²) < 4.78 is 38.3. The molecule has 1 rings (SSSR count). The molecule has 13 heavy (non-hydrogen) atoms. The molecule has 72 valence electrons. The highest BCUT2D eigenvalue weighted by Gasteiger charge is 2.32. The predicted octanol–water partition coefficient (Wildman–Crippen LogP) is 1.58. The van der Waals surface area contributed by atoms with E-state index in [1.54, 1.807) is 0 Å². The van der Waals surface area contributed by atoms with Crippen LogP contribution in [0.4, 0.5) is 13.2 Å². The van der Waals surface area contributed by atoms with Crippen LogP contribution in [-0.4, -0.2) is 11.7 Å². The van der Waals surface area contributed by atoms with Crippen LogP contribution in [0.2, 0.25) is 0 Å². The highest BCUT2D eigenvalue weighted by Crippen LogP contribution is 2.33. The molecule has 1 aromatic rings. The van der Waals surface area contributed by atoms with E-state index in [-0.39, 0.29) is 0 Å². The Morgan fingerprint density at radius 1 is 1.38 bits per heavy atom. The van der Waals surface area contributed by atoms with Crippen LogP contribution in [0.3, 0.4) is 0 Å². The number of alkyl halides is 2. The van der Waals surface area contributed by atoms with Gasteiger partial charge in [-0.1, -0.05) is 0 Å². The number of hydrogen-bond acceptors (Lipinski definition) is 2. The lowest BCUT2D eigenvalue weighted by Gasteiger charge is -2.15. The van der Waals surface area contributed by atoms with Crippen LogP contribution in [0.15, 0.2) is 18.2 Å². The summed E-state index contributed by atoms with van der Waals surface area (Å²) in [4.78, 5) is 0. The standard InChI is InChI=1S/C8H8F3NO/c9-5-1-2-7(13)6(3-5)8(10,11)4-12/h1-3,13H,4,12H2. The van der Waals surface area contributed by atoms with Crippen LogP contribution in [-0.2, 0) is 5.92 Å². The topological polar surface area (TPSA) is 46.2 Å². The van der Waals surface area contributed by atoms with Gasteiger partial charge in [-0.3, -0.25) is 0 Å². The molecule has 0 spiro atoms. The Bertz CT molecular complexity index is 314. The summed E-state index contributed by atoms with van der Waals surface area (Å²) in [5.41, 5.74) is 3.99. The van der Waals surface area contributed by atoms with Crippen LogP contribution in [0.1, 0.15) is 5.56 Å². The fraction of sp³-hybridized carbons (Fsp3) is 0.250. The van der Waals surface area contributed by atoms with Gasteiger partial charge >= 0.3 is 0 Å². The van der Waals surface area contributed by atoms with Crippen molar-refractivity contribution in [3.05, 3.63) is 29.6 Å². The van der Waals surface area contributed by atoms with Crippen LogP contribution in [0.25, 0.3) is 0 Å². The smallest absolute Gasteiger partial charge is 0.288 e. The van der Waals surface area contributed by atoms with Gasteiger partial charge in [-0.2, -0.15) is 8.78 Å². The molecular formula is C8H8F3NO. The summed E-state index contributed by atoms with van der Waals surface area (Å²) in [6, 6.07) is 2.34. The van der Waals surface area contributed by atoms with E-state index in [0.717, 1.165) is 12.1 Å². The number of nitrogens with two attached hydrogens (primary N) is 1. The number of hydrogen-bond donors (Lipinski definition) is 2. The van der Waals surface area contributed by atoms with Crippen molar-refractivity contribution in [1.29, 1.82) is 0 Å². The molecule has 0 bridgehead atoms. The lowest BCUT2D eigenvalue weighted by Crippen LogP contribution is -2.25. The minimum absolute atomic E-state index is 0.572. The Hall–Kier alpha value is -1.23. The van der Waals surface area contributed by atoms with Gasteiger partial charge in [-0.15, -0.1) is 0 Å². The Morgan fingerprint density at radius 2 is 2.00 bits per heavy atom. The molecule has 0 unspecified atom stereocenters. The Labute approximate surface area is 72.8 Å². The fourth-order valence-electron chi connectivity index (χ4n) is 0.911. The van der Waals surface area contributed by atoms with Crippen LogP contribution >= 0.6 is 0 Å². The van der Waals surface area contributed by atoms with Crippen molar-refractivity contribution < 1.29 is 18.3 Å². The zero-order valence-corrected chi connectivity index (χ0v) is 6.60. The minimum Gasteiger partial charge on any atom is -0.507 e. The number of aromatic hydroxyl groups is 1. The quantitative estimate of drug-likeness (QED) is 0.745. The first-order valence-corrected chi connectivity index (χ1v) is 3.54. The van der Waals surface area contributed by atoms with E-state index in [1.165, 1.54) is 0 Å². The van der Waals surface area contributed by atoms with Crippen molar-refractivity contribution in [2.75, 3.05) is 6.54 Å². The first-order chi connectivity index (χ1) is 5.97. The fourth-order valence-corrected chi connectivity index (χ4v) is 0.911. The van der Waals surface area contributed by atoms with Crippen molar-refractivity contribution in [1.82, 2.24) is 0 Å². The van der Waals surface area contributed by atoms with Crippen molar-refractivity contribution in [3.63, 3.8) is 0 Å². The van der Waals surface area contributed by atoms with Gasteiger partial charge in [-0.05, 0) is 18.2 Å². The summed E-state index contributed by atoms with van der Waals surface area (Å²) in [5, 5.41) is 9.00. The molecule has 0 saturated carbocycles. The molecular weight excluding hydrogens is 183 g/mol. The first kappa shape index (κ1) is 9.85. The van der Waals surface area contributed by atoms with E-state index in [4.69, 9.17) is 10.8 Å². The molecule has 1 aromatic carbocycles. The van der Waals surface area contributed by atoms with Gasteiger partial charge in [0.2, 0.25) is 0 Å². The molecule has 0 saturated heterocycles. The molecule has 0 radical (unpaired) electrons. The third-order valence-electron chi connectivity index (χ3n) is 1.61. The average Bonchev–Trinajstić information content (AvgIpc) is 2.09. The first-order valence-electron chi connectivity index (χ1n) is 3.54. The normalized spacial score (nSPS) is 11.7. The summed E-state index contributed by atoms with van der Waals surface area (Å²) in [6.45, 7) is -0.968. The van der Waals surface area contributed by atoms with Gasteiger partial charge in [-0.25, -0.2) is 4.39 Å².